The minimum atomic E-state index is -0.256. The molecule has 0 radical (unpaired) electrons. The van der Waals surface area contributed by atoms with E-state index in [0.717, 1.165) is 10.5 Å². The van der Waals surface area contributed by atoms with Crippen molar-refractivity contribution < 1.29 is 15.0 Å². The fourth-order valence-electron chi connectivity index (χ4n) is 2.00. The molecule has 1 heterocycles. The minimum Gasteiger partial charge on any atom is -0.504 e. The predicted octanol–water partition coefficient (Wildman–Crippen LogP) is 2.99. The summed E-state index contributed by atoms with van der Waals surface area (Å²) in [6.45, 7) is 0. The summed E-state index contributed by atoms with van der Waals surface area (Å²) in [5.41, 5.74) is 1.44. The molecule has 1 aliphatic rings. The molecule has 0 unspecified atom stereocenters. The van der Waals surface area contributed by atoms with Crippen molar-refractivity contribution in [2.45, 2.75) is 16.2 Å². The van der Waals surface area contributed by atoms with Crippen LogP contribution in [0.1, 0.15) is 15.9 Å². The lowest BCUT2D eigenvalue weighted by atomic mass is 10.0. The largest absolute Gasteiger partial charge is 0.504 e. The first-order chi connectivity index (χ1) is 8.65. The summed E-state index contributed by atoms with van der Waals surface area (Å²) in [4.78, 5) is 13.8. The van der Waals surface area contributed by atoms with Crippen molar-refractivity contribution in [3.05, 3.63) is 47.5 Å². The van der Waals surface area contributed by atoms with E-state index in [0.29, 0.717) is 16.9 Å². The molecule has 0 atom stereocenters. The van der Waals surface area contributed by atoms with E-state index in [2.05, 4.69) is 0 Å². The van der Waals surface area contributed by atoms with Gasteiger partial charge in [0.05, 0.1) is 0 Å². The van der Waals surface area contributed by atoms with E-state index in [-0.39, 0.29) is 17.3 Å². The Morgan fingerprint density at radius 1 is 1.00 bits per heavy atom. The lowest BCUT2D eigenvalue weighted by Gasteiger charge is -2.06. The Balaban J connectivity index is 2.20. The Kier molecular flexibility index (Phi) is 2.52. The molecule has 2 N–H and O–H groups in total. The van der Waals surface area contributed by atoms with E-state index in [9.17, 15) is 15.0 Å². The van der Waals surface area contributed by atoms with E-state index in [4.69, 9.17) is 0 Å². The number of rotatable bonds is 0. The molecule has 0 saturated carbocycles. The average molecular weight is 258 g/mol. The number of fused-ring (bicyclic) bond motifs is 2. The smallest absolute Gasteiger partial charge is 0.168 e. The highest BCUT2D eigenvalue weighted by atomic mass is 32.2. The van der Waals surface area contributed by atoms with E-state index >= 15 is 0 Å². The fraction of sp³-hybridized carbons (Fsp3) is 0.0714. The Morgan fingerprint density at radius 2 is 1.72 bits per heavy atom. The first-order valence-electron chi connectivity index (χ1n) is 5.50. The molecule has 4 heteroatoms. The summed E-state index contributed by atoms with van der Waals surface area (Å²) in [6.07, 6.45) is 0.320. The van der Waals surface area contributed by atoms with Crippen molar-refractivity contribution in [1.82, 2.24) is 0 Å². The molecular formula is C14H10O3S. The van der Waals surface area contributed by atoms with Crippen LogP contribution in [0.15, 0.2) is 46.2 Å². The summed E-state index contributed by atoms with van der Waals surface area (Å²) in [7, 11) is 0. The Hall–Kier alpha value is -1.94. The van der Waals surface area contributed by atoms with E-state index in [1.165, 1.54) is 23.9 Å². The minimum absolute atomic E-state index is 0.0437. The van der Waals surface area contributed by atoms with Gasteiger partial charge in [-0.05, 0) is 23.8 Å². The number of hydrogen-bond acceptors (Lipinski definition) is 4. The third-order valence-electron chi connectivity index (χ3n) is 2.92. The quantitative estimate of drug-likeness (QED) is 0.713. The molecule has 2 aromatic rings. The molecule has 0 spiro atoms. The number of carbonyl (C=O) groups is 1. The second-order valence-corrected chi connectivity index (χ2v) is 5.23. The van der Waals surface area contributed by atoms with Crippen LogP contribution in [0.3, 0.4) is 0 Å². The molecule has 0 saturated heterocycles. The zero-order chi connectivity index (χ0) is 12.7. The summed E-state index contributed by atoms with van der Waals surface area (Å²) in [5.74, 6) is -0.500. The normalized spacial score (nSPS) is 13.7. The van der Waals surface area contributed by atoms with E-state index < -0.39 is 0 Å². The Morgan fingerprint density at radius 3 is 2.56 bits per heavy atom. The first kappa shape index (κ1) is 11.2. The molecule has 2 aromatic carbocycles. The number of phenols is 2. The molecule has 0 bridgehead atoms. The summed E-state index contributed by atoms with van der Waals surface area (Å²) in [6, 6.07) is 10.5. The highest BCUT2D eigenvalue weighted by molar-refractivity contribution is 7.99. The van der Waals surface area contributed by atoms with Crippen LogP contribution in [0.5, 0.6) is 11.5 Å². The third-order valence-corrected chi connectivity index (χ3v) is 4.10. The zero-order valence-corrected chi connectivity index (χ0v) is 10.2. The molecule has 0 amide bonds. The van der Waals surface area contributed by atoms with Crippen LogP contribution in [-0.2, 0) is 6.42 Å². The van der Waals surface area contributed by atoms with Crippen LogP contribution in [-0.4, -0.2) is 16.0 Å². The number of hydrogen-bond donors (Lipinski definition) is 2. The molecule has 1 aliphatic heterocycles. The number of aromatic hydroxyl groups is 2. The van der Waals surface area contributed by atoms with Gasteiger partial charge in [0.1, 0.15) is 0 Å². The van der Waals surface area contributed by atoms with E-state index in [1.54, 1.807) is 0 Å². The van der Waals surface area contributed by atoms with Crippen LogP contribution in [0.2, 0.25) is 0 Å². The van der Waals surface area contributed by atoms with Gasteiger partial charge in [-0.2, -0.15) is 0 Å². The van der Waals surface area contributed by atoms with Crippen molar-refractivity contribution in [2.24, 2.45) is 0 Å². The highest BCUT2D eigenvalue weighted by Crippen LogP contribution is 2.41. The second-order valence-electron chi connectivity index (χ2n) is 4.15. The summed E-state index contributed by atoms with van der Waals surface area (Å²) >= 11 is 1.44. The van der Waals surface area contributed by atoms with Gasteiger partial charge in [0.15, 0.2) is 17.3 Å². The van der Waals surface area contributed by atoms with E-state index in [1.807, 2.05) is 24.3 Å². The topological polar surface area (TPSA) is 57.5 Å². The first-order valence-corrected chi connectivity index (χ1v) is 6.32. The Bertz CT molecular complexity index is 649. The monoisotopic (exact) mass is 258 g/mol. The Labute approximate surface area is 108 Å². The van der Waals surface area contributed by atoms with Gasteiger partial charge < -0.3 is 10.2 Å². The molecular weight excluding hydrogens is 248 g/mol. The maximum atomic E-state index is 12.1. The number of ketones is 1. The predicted molar refractivity (Wildman–Crippen MR) is 68.4 cm³/mol. The lowest BCUT2D eigenvalue weighted by molar-refractivity contribution is 0.0989. The van der Waals surface area contributed by atoms with Crippen LogP contribution in [0.25, 0.3) is 0 Å². The third kappa shape index (κ3) is 1.75. The van der Waals surface area contributed by atoms with Crippen LogP contribution < -0.4 is 0 Å². The molecule has 0 aromatic heterocycles. The van der Waals surface area contributed by atoms with Gasteiger partial charge >= 0.3 is 0 Å². The van der Waals surface area contributed by atoms with Crippen LogP contribution >= 0.6 is 11.8 Å². The molecule has 3 rings (SSSR count). The van der Waals surface area contributed by atoms with Crippen molar-refractivity contribution in [1.29, 1.82) is 0 Å². The van der Waals surface area contributed by atoms with Gasteiger partial charge in [0.25, 0.3) is 0 Å². The summed E-state index contributed by atoms with van der Waals surface area (Å²) < 4.78 is 0. The van der Waals surface area contributed by atoms with Crippen LogP contribution in [0, 0.1) is 0 Å². The van der Waals surface area contributed by atoms with Crippen molar-refractivity contribution in [2.75, 3.05) is 0 Å². The standard InChI is InChI=1S/C14H10O3S/c15-10-5-8-3-1-2-4-13(8)18-14-7-12(17)11(16)6-9(10)14/h1-4,6-7,16-17H,5H2. The maximum absolute atomic E-state index is 12.1. The molecule has 18 heavy (non-hydrogen) atoms. The van der Waals surface area contributed by atoms with Crippen molar-refractivity contribution in [3.63, 3.8) is 0 Å². The maximum Gasteiger partial charge on any atom is 0.168 e. The zero-order valence-electron chi connectivity index (χ0n) is 9.38. The van der Waals surface area contributed by atoms with Gasteiger partial charge in [0.2, 0.25) is 0 Å². The number of phenolic OH excluding ortho intramolecular Hbond substituents is 2. The van der Waals surface area contributed by atoms with Crippen molar-refractivity contribution >= 4 is 17.5 Å². The highest BCUT2D eigenvalue weighted by Gasteiger charge is 2.21. The SMILES string of the molecule is O=C1Cc2ccccc2Sc2cc(O)c(O)cc21. The van der Waals surface area contributed by atoms with Crippen LogP contribution in [0.4, 0.5) is 0 Å². The molecule has 0 fully saturated rings. The summed E-state index contributed by atoms with van der Waals surface area (Å²) in [5, 5.41) is 19.0. The fourth-order valence-corrected chi connectivity index (χ4v) is 3.10. The second kappa shape index (κ2) is 4.07. The average Bonchev–Trinajstić information content (AvgIpc) is 2.47. The van der Waals surface area contributed by atoms with Gasteiger partial charge in [-0.25, -0.2) is 0 Å². The molecule has 3 nitrogen and oxygen atoms in total. The number of Topliss-reactive ketones (excluding diaryl/α,β-unsaturated/α-hetero) is 1. The number of carbonyl (C=O) groups excluding carboxylic acids is 1. The van der Waals surface area contributed by atoms with Gasteiger partial charge in [-0.15, -0.1) is 0 Å². The number of benzene rings is 2. The van der Waals surface area contributed by atoms with Gasteiger partial charge in [-0.3, -0.25) is 4.79 Å². The lowest BCUT2D eigenvalue weighted by Crippen LogP contribution is -2.02. The van der Waals surface area contributed by atoms with Gasteiger partial charge in [0, 0.05) is 21.8 Å². The van der Waals surface area contributed by atoms with Gasteiger partial charge in [-0.1, -0.05) is 30.0 Å². The van der Waals surface area contributed by atoms with Crippen molar-refractivity contribution in [3.8, 4) is 11.5 Å². The molecule has 0 aliphatic carbocycles. The molecule has 90 valence electrons.